The van der Waals surface area contributed by atoms with Gasteiger partial charge < -0.3 is 15.6 Å². The standard InChI is InChI=1S/C15H15N3O3/c1-18-9-11(7-8-12(18)19)15(21)17-13(14(16)20)10-5-3-2-4-6-10/h2-9,13H,1H3,(H2,16,20)(H,17,21)/t13-/m0/s1. The lowest BCUT2D eigenvalue weighted by molar-refractivity contribution is -0.120. The van der Waals surface area contributed by atoms with Gasteiger partial charge in [0, 0.05) is 19.3 Å². The molecule has 1 heterocycles. The van der Waals surface area contributed by atoms with Gasteiger partial charge in [-0.05, 0) is 11.6 Å². The number of aromatic nitrogens is 1. The van der Waals surface area contributed by atoms with Crippen molar-refractivity contribution in [2.75, 3.05) is 0 Å². The fourth-order valence-electron chi connectivity index (χ4n) is 1.91. The Bertz CT molecular complexity index is 722. The summed E-state index contributed by atoms with van der Waals surface area (Å²) in [6.07, 6.45) is 1.40. The van der Waals surface area contributed by atoms with Crippen molar-refractivity contribution in [2.24, 2.45) is 12.8 Å². The number of carbonyl (C=O) groups excluding carboxylic acids is 2. The van der Waals surface area contributed by atoms with Gasteiger partial charge in [-0.25, -0.2) is 0 Å². The van der Waals surface area contributed by atoms with Crippen molar-refractivity contribution in [2.45, 2.75) is 6.04 Å². The van der Waals surface area contributed by atoms with E-state index >= 15 is 0 Å². The summed E-state index contributed by atoms with van der Waals surface area (Å²) in [4.78, 5) is 35.0. The molecule has 2 aromatic rings. The Balaban J connectivity index is 2.25. The highest BCUT2D eigenvalue weighted by Crippen LogP contribution is 2.12. The number of primary amides is 1. The quantitative estimate of drug-likeness (QED) is 0.848. The lowest BCUT2D eigenvalue weighted by Crippen LogP contribution is -2.37. The van der Waals surface area contributed by atoms with Crippen molar-refractivity contribution in [1.82, 2.24) is 9.88 Å². The lowest BCUT2D eigenvalue weighted by atomic mass is 10.1. The number of nitrogens with two attached hydrogens (primary N) is 1. The first-order valence-corrected chi connectivity index (χ1v) is 6.31. The van der Waals surface area contributed by atoms with Crippen LogP contribution in [-0.4, -0.2) is 16.4 Å². The van der Waals surface area contributed by atoms with E-state index in [2.05, 4.69) is 5.32 Å². The minimum Gasteiger partial charge on any atom is -0.368 e. The van der Waals surface area contributed by atoms with Crippen molar-refractivity contribution >= 4 is 11.8 Å². The van der Waals surface area contributed by atoms with E-state index < -0.39 is 17.9 Å². The number of hydrogen-bond acceptors (Lipinski definition) is 3. The van der Waals surface area contributed by atoms with Crippen LogP contribution >= 0.6 is 0 Å². The summed E-state index contributed by atoms with van der Waals surface area (Å²) in [6.45, 7) is 0. The second-order valence-electron chi connectivity index (χ2n) is 4.59. The largest absolute Gasteiger partial charge is 0.368 e. The van der Waals surface area contributed by atoms with Gasteiger partial charge in [0.05, 0.1) is 5.56 Å². The van der Waals surface area contributed by atoms with E-state index in [9.17, 15) is 14.4 Å². The molecule has 21 heavy (non-hydrogen) atoms. The Morgan fingerprint density at radius 1 is 1.14 bits per heavy atom. The minimum absolute atomic E-state index is 0.221. The van der Waals surface area contributed by atoms with Gasteiger partial charge >= 0.3 is 0 Å². The molecule has 0 saturated carbocycles. The first kappa shape index (κ1) is 14.5. The van der Waals surface area contributed by atoms with Crippen molar-refractivity contribution in [1.29, 1.82) is 0 Å². The van der Waals surface area contributed by atoms with Crippen LogP contribution in [0.15, 0.2) is 53.5 Å². The van der Waals surface area contributed by atoms with Crippen molar-refractivity contribution < 1.29 is 9.59 Å². The molecule has 0 unspecified atom stereocenters. The molecule has 1 aromatic heterocycles. The smallest absolute Gasteiger partial charge is 0.253 e. The number of pyridine rings is 1. The average Bonchev–Trinajstić information content (AvgIpc) is 2.48. The van der Waals surface area contributed by atoms with Crippen LogP contribution in [0.4, 0.5) is 0 Å². The normalized spacial score (nSPS) is 11.7. The Kier molecular flexibility index (Phi) is 4.18. The van der Waals surface area contributed by atoms with E-state index in [1.807, 2.05) is 0 Å². The van der Waals surface area contributed by atoms with E-state index in [0.29, 0.717) is 5.56 Å². The van der Waals surface area contributed by atoms with Gasteiger partial charge in [0.1, 0.15) is 6.04 Å². The number of nitrogens with one attached hydrogen (secondary N) is 1. The first-order chi connectivity index (χ1) is 9.99. The predicted molar refractivity (Wildman–Crippen MR) is 77.5 cm³/mol. The summed E-state index contributed by atoms with van der Waals surface area (Å²) >= 11 is 0. The number of nitrogens with zero attached hydrogens (tertiary/aromatic N) is 1. The average molecular weight is 285 g/mol. The second kappa shape index (κ2) is 6.04. The molecule has 0 aliphatic rings. The van der Waals surface area contributed by atoms with E-state index in [0.717, 1.165) is 0 Å². The highest BCUT2D eigenvalue weighted by molar-refractivity contribution is 5.97. The number of benzene rings is 1. The second-order valence-corrected chi connectivity index (χ2v) is 4.59. The Morgan fingerprint density at radius 2 is 1.81 bits per heavy atom. The van der Waals surface area contributed by atoms with Gasteiger partial charge in [-0.3, -0.25) is 14.4 Å². The third kappa shape index (κ3) is 3.36. The van der Waals surface area contributed by atoms with Gasteiger partial charge in [-0.1, -0.05) is 30.3 Å². The number of amides is 2. The topological polar surface area (TPSA) is 94.2 Å². The van der Waals surface area contributed by atoms with Crippen LogP contribution in [0.3, 0.4) is 0 Å². The SMILES string of the molecule is Cn1cc(C(=O)N[C@H](C(N)=O)c2ccccc2)ccc1=O. The molecule has 0 aliphatic carbocycles. The molecule has 0 bridgehead atoms. The predicted octanol–water partition coefficient (Wildman–Crippen LogP) is 0.342. The molecular weight excluding hydrogens is 270 g/mol. The fraction of sp³-hybridized carbons (Fsp3) is 0.133. The maximum atomic E-state index is 12.2. The van der Waals surface area contributed by atoms with Gasteiger partial charge in [-0.15, -0.1) is 0 Å². The Hall–Kier alpha value is -2.89. The van der Waals surface area contributed by atoms with Gasteiger partial charge in [0.2, 0.25) is 11.5 Å². The van der Waals surface area contributed by atoms with Crippen molar-refractivity contribution in [3.63, 3.8) is 0 Å². The Morgan fingerprint density at radius 3 is 2.38 bits per heavy atom. The van der Waals surface area contributed by atoms with Crippen LogP contribution in [0.5, 0.6) is 0 Å². The molecule has 0 spiro atoms. The molecule has 6 nitrogen and oxygen atoms in total. The van der Waals surface area contributed by atoms with Gasteiger partial charge in [-0.2, -0.15) is 0 Å². The van der Waals surface area contributed by atoms with Gasteiger partial charge in [0.15, 0.2) is 0 Å². The van der Waals surface area contributed by atoms with E-state index in [-0.39, 0.29) is 11.1 Å². The summed E-state index contributed by atoms with van der Waals surface area (Å²) in [5.74, 6) is -1.13. The minimum atomic E-state index is -0.920. The molecule has 0 aliphatic heterocycles. The van der Waals surface area contributed by atoms with E-state index in [1.165, 1.54) is 22.9 Å². The zero-order valence-electron chi connectivity index (χ0n) is 11.4. The Labute approximate surface area is 121 Å². The fourth-order valence-corrected chi connectivity index (χ4v) is 1.91. The molecular formula is C15H15N3O3. The van der Waals surface area contributed by atoms with Crippen LogP contribution in [0.2, 0.25) is 0 Å². The summed E-state index contributed by atoms with van der Waals surface area (Å²) in [5.41, 5.74) is 6.00. The van der Waals surface area contributed by atoms with Crippen LogP contribution < -0.4 is 16.6 Å². The monoisotopic (exact) mass is 285 g/mol. The van der Waals surface area contributed by atoms with Crippen LogP contribution in [0.25, 0.3) is 0 Å². The zero-order chi connectivity index (χ0) is 15.4. The van der Waals surface area contributed by atoms with Crippen LogP contribution in [0.1, 0.15) is 22.0 Å². The number of hydrogen-bond donors (Lipinski definition) is 2. The zero-order valence-corrected chi connectivity index (χ0v) is 11.4. The molecule has 6 heteroatoms. The van der Waals surface area contributed by atoms with Crippen molar-refractivity contribution in [3.05, 3.63) is 70.1 Å². The van der Waals surface area contributed by atoms with Crippen LogP contribution in [0, 0.1) is 0 Å². The van der Waals surface area contributed by atoms with Crippen molar-refractivity contribution in [3.8, 4) is 0 Å². The molecule has 0 radical (unpaired) electrons. The highest BCUT2D eigenvalue weighted by Gasteiger charge is 2.20. The number of rotatable bonds is 4. The van der Waals surface area contributed by atoms with E-state index in [1.54, 1.807) is 37.4 Å². The maximum absolute atomic E-state index is 12.2. The molecule has 1 aromatic carbocycles. The molecule has 2 rings (SSSR count). The highest BCUT2D eigenvalue weighted by atomic mass is 16.2. The summed E-state index contributed by atoms with van der Waals surface area (Å²) < 4.78 is 1.29. The lowest BCUT2D eigenvalue weighted by Gasteiger charge is -2.16. The summed E-state index contributed by atoms with van der Waals surface area (Å²) in [6, 6.07) is 10.5. The third-order valence-corrected chi connectivity index (χ3v) is 3.04. The maximum Gasteiger partial charge on any atom is 0.253 e. The third-order valence-electron chi connectivity index (χ3n) is 3.04. The molecule has 0 saturated heterocycles. The molecule has 3 N–H and O–H groups in total. The number of carbonyl (C=O) groups is 2. The van der Waals surface area contributed by atoms with E-state index in [4.69, 9.17) is 5.73 Å². The van der Waals surface area contributed by atoms with Crippen LogP contribution in [-0.2, 0) is 11.8 Å². The summed E-state index contributed by atoms with van der Waals surface area (Å²) in [5, 5.41) is 2.57. The molecule has 2 amide bonds. The summed E-state index contributed by atoms with van der Waals surface area (Å²) in [7, 11) is 1.54. The molecule has 0 fully saturated rings. The molecule has 1 atom stereocenters. The first-order valence-electron chi connectivity index (χ1n) is 6.31. The number of aryl methyl sites for hydroxylation is 1. The molecule has 108 valence electrons. The van der Waals surface area contributed by atoms with Gasteiger partial charge in [0.25, 0.3) is 5.91 Å².